The van der Waals surface area contributed by atoms with Crippen LogP contribution in [0.1, 0.15) is 53.1 Å². The Morgan fingerprint density at radius 3 is 2.28 bits per heavy atom. The highest BCUT2D eigenvalue weighted by Crippen LogP contribution is 2.28. The molecule has 0 aliphatic rings. The molecule has 39 heavy (non-hydrogen) atoms. The average molecular weight is 641 g/mol. The van der Waals surface area contributed by atoms with Gasteiger partial charge in [0.15, 0.2) is 5.82 Å². The van der Waals surface area contributed by atoms with Gasteiger partial charge >= 0.3 is 12.1 Å². The van der Waals surface area contributed by atoms with E-state index in [0.29, 0.717) is 15.5 Å². The smallest absolute Gasteiger partial charge is 0.408 e. The van der Waals surface area contributed by atoms with Crippen LogP contribution in [-0.2, 0) is 20.8 Å². The van der Waals surface area contributed by atoms with Crippen molar-refractivity contribution in [2.24, 2.45) is 0 Å². The van der Waals surface area contributed by atoms with Crippen LogP contribution >= 0.6 is 38.9 Å². The van der Waals surface area contributed by atoms with Crippen molar-refractivity contribution in [3.05, 3.63) is 67.2 Å². The third-order valence-corrected chi connectivity index (χ3v) is 6.68. The number of nitrogens with one attached hydrogen (secondary N) is 1. The summed E-state index contributed by atoms with van der Waals surface area (Å²) in [7, 11) is 0. The van der Waals surface area contributed by atoms with Crippen molar-refractivity contribution in [2.45, 2.75) is 65.3 Å². The minimum absolute atomic E-state index is 0.00814. The number of thiophene rings is 1. The number of nitrogens with zero attached hydrogens (tertiary/aromatic N) is 2. The molecule has 0 fully saturated rings. The van der Waals surface area contributed by atoms with Crippen molar-refractivity contribution in [3.8, 4) is 16.6 Å². The fourth-order valence-electron chi connectivity index (χ4n) is 3.38. The number of alkyl carbamates (subject to hydrolysis) is 1. The Hall–Kier alpha value is -2.89. The SMILES string of the molecule is CC(C)(C)OC(=O)Cn1c(-c2cccs2)nc(OC[C@H](NC(=O)OC(C)(C)C)c2ccc(Cl)cc2)c(Br)c1=O. The van der Waals surface area contributed by atoms with Crippen LogP contribution in [0.3, 0.4) is 0 Å². The molecule has 1 amide bonds. The van der Waals surface area contributed by atoms with Crippen molar-refractivity contribution < 1.29 is 23.8 Å². The van der Waals surface area contributed by atoms with Crippen LogP contribution in [0, 0.1) is 0 Å². The average Bonchev–Trinajstić information content (AvgIpc) is 3.33. The van der Waals surface area contributed by atoms with Gasteiger partial charge in [-0.2, -0.15) is 4.98 Å². The molecule has 12 heteroatoms. The molecule has 210 valence electrons. The molecule has 0 radical (unpaired) electrons. The van der Waals surface area contributed by atoms with Crippen LogP contribution in [0.4, 0.5) is 4.79 Å². The van der Waals surface area contributed by atoms with Crippen LogP contribution in [0.25, 0.3) is 10.7 Å². The van der Waals surface area contributed by atoms with E-state index in [2.05, 4.69) is 26.2 Å². The molecule has 0 aliphatic carbocycles. The highest BCUT2D eigenvalue weighted by Gasteiger charge is 2.25. The highest BCUT2D eigenvalue weighted by atomic mass is 79.9. The number of aromatic nitrogens is 2. The Kier molecular flexibility index (Phi) is 9.84. The maximum Gasteiger partial charge on any atom is 0.408 e. The number of ether oxygens (including phenoxy) is 3. The summed E-state index contributed by atoms with van der Waals surface area (Å²) in [5.41, 5.74) is -1.22. The second-order valence-corrected chi connectivity index (χ2v) is 12.7. The van der Waals surface area contributed by atoms with Crippen LogP contribution in [-0.4, -0.2) is 39.4 Å². The third-order valence-electron chi connectivity index (χ3n) is 4.88. The molecule has 2 aromatic heterocycles. The first-order valence-electron chi connectivity index (χ1n) is 12.1. The molecule has 3 rings (SSSR count). The van der Waals surface area contributed by atoms with Crippen LogP contribution < -0.4 is 15.6 Å². The van der Waals surface area contributed by atoms with Gasteiger partial charge in [0.1, 0.15) is 28.8 Å². The van der Waals surface area contributed by atoms with Gasteiger partial charge in [0.2, 0.25) is 5.88 Å². The fraction of sp³-hybridized carbons (Fsp3) is 0.407. The molecule has 1 N–H and O–H groups in total. The topological polar surface area (TPSA) is 109 Å². The Labute approximate surface area is 244 Å². The van der Waals surface area contributed by atoms with Crippen molar-refractivity contribution in [2.75, 3.05) is 6.61 Å². The number of benzene rings is 1. The monoisotopic (exact) mass is 639 g/mol. The quantitative estimate of drug-likeness (QED) is 0.285. The van der Waals surface area contributed by atoms with E-state index in [4.69, 9.17) is 25.8 Å². The van der Waals surface area contributed by atoms with Gasteiger partial charge in [-0.3, -0.25) is 14.2 Å². The summed E-state index contributed by atoms with van der Waals surface area (Å²) >= 11 is 10.7. The predicted molar refractivity (Wildman–Crippen MR) is 154 cm³/mol. The molecule has 9 nitrogen and oxygen atoms in total. The Balaban J connectivity index is 1.94. The molecule has 0 aliphatic heterocycles. The summed E-state index contributed by atoms with van der Waals surface area (Å²) < 4.78 is 18.1. The molecule has 0 bridgehead atoms. The molecule has 0 spiro atoms. The van der Waals surface area contributed by atoms with Crippen molar-refractivity contribution in [1.82, 2.24) is 14.9 Å². The summed E-state index contributed by atoms with van der Waals surface area (Å²) in [4.78, 5) is 43.8. The molecular weight excluding hydrogens is 610 g/mol. The lowest BCUT2D eigenvalue weighted by atomic mass is 10.1. The lowest BCUT2D eigenvalue weighted by Gasteiger charge is -2.24. The largest absolute Gasteiger partial charge is 0.474 e. The normalized spacial score (nSPS) is 12.5. The van der Waals surface area contributed by atoms with E-state index < -0.39 is 34.9 Å². The van der Waals surface area contributed by atoms with E-state index in [1.165, 1.54) is 15.9 Å². The molecule has 0 saturated carbocycles. The van der Waals surface area contributed by atoms with Gasteiger partial charge < -0.3 is 19.5 Å². The number of esters is 1. The zero-order valence-corrected chi connectivity index (χ0v) is 25.7. The summed E-state index contributed by atoms with van der Waals surface area (Å²) in [6.45, 7) is 10.1. The van der Waals surface area contributed by atoms with Gasteiger partial charge in [-0.1, -0.05) is 29.8 Å². The first-order valence-corrected chi connectivity index (χ1v) is 14.1. The van der Waals surface area contributed by atoms with Gasteiger partial charge in [-0.25, -0.2) is 4.79 Å². The van der Waals surface area contributed by atoms with Gasteiger partial charge in [0.25, 0.3) is 5.56 Å². The molecule has 0 unspecified atom stereocenters. The van der Waals surface area contributed by atoms with E-state index in [-0.39, 0.29) is 29.3 Å². The lowest BCUT2D eigenvalue weighted by molar-refractivity contribution is -0.155. The number of hydrogen-bond donors (Lipinski definition) is 1. The molecule has 1 atom stereocenters. The van der Waals surface area contributed by atoms with Gasteiger partial charge in [0, 0.05) is 5.02 Å². The van der Waals surface area contributed by atoms with E-state index in [0.717, 1.165) is 0 Å². The Morgan fingerprint density at radius 1 is 1.08 bits per heavy atom. The number of rotatable bonds is 8. The highest BCUT2D eigenvalue weighted by molar-refractivity contribution is 9.10. The van der Waals surface area contributed by atoms with Crippen molar-refractivity contribution in [3.63, 3.8) is 0 Å². The zero-order chi connectivity index (χ0) is 29.0. The Bertz CT molecular complexity index is 1360. The maximum atomic E-state index is 13.4. The molecule has 3 aromatic rings. The summed E-state index contributed by atoms with van der Waals surface area (Å²) in [6, 6.07) is 9.85. The van der Waals surface area contributed by atoms with Crippen molar-refractivity contribution in [1.29, 1.82) is 0 Å². The second kappa shape index (κ2) is 12.5. The molecular formula is C27H31BrClN3O6S. The number of halogens is 2. The lowest BCUT2D eigenvalue weighted by Crippen LogP contribution is -2.37. The standard InChI is InChI=1S/C27H31BrClN3O6S/c1-26(2,3)37-20(33)14-32-22(19-8-7-13-39-19)31-23(21(28)24(32)34)36-15-18(16-9-11-17(29)12-10-16)30-25(35)38-27(4,5)6/h7-13,18H,14-15H2,1-6H3,(H,30,35)/t18-/m0/s1. The van der Waals surface area contributed by atoms with Gasteiger partial charge in [-0.15, -0.1) is 11.3 Å². The predicted octanol–water partition coefficient (Wildman–Crippen LogP) is 6.37. The van der Waals surface area contributed by atoms with Gasteiger partial charge in [0.05, 0.1) is 10.9 Å². The molecule has 0 saturated heterocycles. The fourth-order valence-corrected chi connectivity index (χ4v) is 4.64. The summed E-state index contributed by atoms with van der Waals surface area (Å²) in [6.07, 6.45) is -0.634. The number of hydrogen-bond acceptors (Lipinski definition) is 8. The molecule has 1 aromatic carbocycles. The summed E-state index contributed by atoms with van der Waals surface area (Å²) in [5, 5.41) is 5.17. The van der Waals surface area contributed by atoms with E-state index >= 15 is 0 Å². The molecule has 2 heterocycles. The van der Waals surface area contributed by atoms with Crippen LogP contribution in [0.2, 0.25) is 5.02 Å². The number of amides is 1. The maximum absolute atomic E-state index is 13.4. The van der Waals surface area contributed by atoms with Crippen LogP contribution in [0.15, 0.2) is 51.0 Å². The third kappa shape index (κ3) is 9.08. The Morgan fingerprint density at radius 2 is 1.72 bits per heavy atom. The van der Waals surface area contributed by atoms with E-state index in [1.807, 2.05) is 11.4 Å². The van der Waals surface area contributed by atoms with E-state index in [9.17, 15) is 14.4 Å². The number of carbonyl (C=O) groups is 2. The van der Waals surface area contributed by atoms with E-state index in [1.54, 1.807) is 71.9 Å². The van der Waals surface area contributed by atoms with Crippen molar-refractivity contribution >= 4 is 50.9 Å². The zero-order valence-electron chi connectivity index (χ0n) is 22.5. The van der Waals surface area contributed by atoms with Gasteiger partial charge in [-0.05, 0) is 86.6 Å². The summed E-state index contributed by atoms with van der Waals surface area (Å²) in [5.74, 6) is -0.315. The second-order valence-electron chi connectivity index (χ2n) is 10.6. The first-order chi connectivity index (χ1) is 18.1. The minimum Gasteiger partial charge on any atom is -0.474 e. The number of carbonyl (C=O) groups excluding carboxylic acids is 2. The minimum atomic E-state index is -0.713. The van der Waals surface area contributed by atoms with Crippen LogP contribution in [0.5, 0.6) is 5.88 Å². The first kappa shape index (κ1) is 30.6.